The highest BCUT2D eigenvalue weighted by Gasteiger charge is 2.33. The fourth-order valence-electron chi connectivity index (χ4n) is 17.0. The first-order valence-electron chi connectivity index (χ1n) is 44.2. The number of hydrogen-bond donors (Lipinski definition) is 11. The van der Waals surface area contributed by atoms with E-state index in [2.05, 4.69) is 82.9 Å². The molecule has 1 aliphatic carbocycles. The topological polar surface area (TPSA) is 327 Å². The molecule has 2 aliphatic heterocycles. The number of nitrogens with one attached hydrogen (secondary N) is 11. The van der Waals surface area contributed by atoms with E-state index in [4.69, 9.17) is 4.74 Å². The summed E-state index contributed by atoms with van der Waals surface area (Å²) < 4.78 is 83.9. The lowest BCUT2D eigenvalue weighted by Crippen LogP contribution is -2.37. The first-order chi connectivity index (χ1) is 67.4. The lowest BCUT2D eigenvalue weighted by molar-refractivity contribution is -0.124. The third-order valence-corrected chi connectivity index (χ3v) is 28.1. The monoisotopic (exact) mass is 1910 g/mol. The van der Waals surface area contributed by atoms with Crippen molar-refractivity contribution in [3.05, 3.63) is 323 Å². The highest BCUT2D eigenvalue weighted by atomic mass is 32.1. The van der Waals surface area contributed by atoms with Gasteiger partial charge in [-0.25, -0.2) is 22.0 Å². The van der Waals surface area contributed by atoms with Crippen molar-refractivity contribution in [1.29, 1.82) is 0 Å². The molecule has 2 saturated heterocycles. The number of thiophene rings is 4. The van der Waals surface area contributed by atoms with Gasteiger partial charge in [0.1, 0.15) is 40.6 Å². The number of amides is 6. The van der Waals surface area contributed by atoms with E-state index in [1.165, 1.54) is 28.7 Å². The number of fused-ring (bicyclic) bond motifs is 10. The Kier molecular flexibility index (Phi) is 24.5. The third-order valence-electron chi connectivity index (χ3n) is 24.2. The number of benzene rings is 13. The van der Waals surface area contributed by atoms with Gasteiger partial charge in [0.05, 0.1) is 104 Å². The van der Waals surface area contributed by atoms with Gasteiger partial charge in [0.2, 0.25) is 23.6 Å². The van der Waals surface area contributed by atoms with Crippen molar-refractivity contribution in [2.24, 2.45) is 5.92 Å². The molecule has 22 aromatic rings. The van der Waals surface area contributed by atoms with Gasteiger partial charge in [-0.3, -0.25) is 54.3 Å². The minimum absolute atomic E-state index is 0.0226. The standard InChI is InChI=1S/C22H17FN4O2.C22H18FN3O2.C21H14FN3OS2.C21H16FN3O.C20H12FN3OS2/c23-20-16(25-22(29)17-9-10-18(28)24-17)8-7-15-19(20)21(27-26-15)14-6-5-12-3-1-2-4-13(12)11-14;23-20-17(24-22(27)18-6-3-11-28-18)10-9-16-19(20)21(26-25-16)15-8-7-13-4-1-2-5-14(13)12-15;22-20-15(23-18(26)11-13-5-3-9-27-13)8-7-14-19(20)21(25-24-14)17-10-12-4-1-2-6-16(12)28-17;22-19-17(23-21(26)13-6-7-13)10-9-16-18(19)20(25-24-16)15-8-5-12-3-1-2-4-14(12)11-15;21-18-13(22-20(25)15-6-3-9-26-15)8-7-12-17(18)19(24-23-12)16-10-11-4-1-2-5-14(11)27-16/h1-8,11,17H,9-10H2,(H,24,28)(H,25,29)(H,26,27);1-2,4-5,7-10,12,18H,3,6,11H2,(H,24,27)(H,25,26);1-10H,11H2,(H,23,26)(H,24,25);1-5,8-11,13H,6-7H2,(H,23,26)(H,24,25);1-10H,(H,22,25)(H,23,24)/t17-;;;;/m0..../s1. The molecule has 3 aliphatic rings. The van der Waals surface area contributed by atoms with E-state index in [1.54, 1.807) is 89.4 Å². The molecule has 0 bridgehead atoms. The second kappa shape index (κ2) is 38.2. The lowest BCUT2D eigenvalue weighted by Gasteiger charge is -2.12. The number of nitrogens with zero attached hydrogens (tertiary/aromatic N) is 5. The molecule has 1 unspecified atom stereocenters. The van der Waals surface area contributed by atoms with Crippen LogP contribution in [0.25, 0.3) is 162 Å². The van der Waals surface area contributed by atoms with E-state index in [9.17, 15) is 28.8 Å². The van der Waals surface area contributed by atoms with Crippen molar-refractivity contribution in [2.45, 2.75) is 57.1 Å². The smallest absolute Gasteiger partial charge is 0.265 e. The first-order valence-corrected chi connectivity index (χ1v) is 47.6. The molecule has 138 heavy (non-hydrogen) atoms. The minimum Gasteiger partial charge on any atom is -0.368 e. The van der Waals surface area contributed by atoms with Gasteiger partial charge in [-0.2, -0.15) is 25.5 Å². The molecule has 13 aromatic carbocycles. The second-order valence-electron chi connectivity index (χ2n) is 33.2. The molecule has 0 spiro atoms. The van der Waals surface area contributed by atoms with Crippen molar-refractivity contribution in [3.8, 4) is 54.9 Å². The molecule has 1 saturated carbocycles. The highest BCUT2D eigenvalue weighted by Crippen LogP contribution is 2.44. The number of halogens is 5. The summed E-state index contributed by atoms with van der Waals surface area (Å²) in [5, 5.41) is 66.2. The summed E-state index contributed by atoms with van der Waals surface area (Å²) in [6.45, 7) is 0.563. The van der Waals surface area contributed by atoms with E-state index in [0.29, 0.717) is 114 Å². The predicted molar refractivity (Wildman–Crippen MR) is 538 cm³/mol. The van der Waals surface area contributed by atoms with Gasteiger partial charge in [0.25, 0.3) is 11.8 Å². The van der Waals surface area contributed by atoms with E-state index >= 15 is 22.0 Å². The van der Waals surface area contributed by atoms with Gasteiger partial charge in [-0.15, -0.1) is 45.3 Å². The van der Waals surface area contributed by atoms with Crippen LogP contribution in [0, 0.1) is 35.0 Å². The van der Waals surface area contributed by atoms with E-state index in [0.717, 1.165) is 103 Å². The summed E-state index contributed by atoms with van der Waals surface area (Å²) in [7, 11) is 0. The molecule has 25 rings (SSSR count). The number of H-pyrrole nitrogens is 5. The average molecular weight is 1910 g/mol. The fourth-order valence-corrected chi connectivity index (χ4v) is 20.4. The highest BCUT2D eigenvalue weighted by molar-refractivity contribution is 7.22. The van der Waals surface area contributed by atoms with Crippen LogP contribution < -0.4 is 31.9 Å². The fraction of sp³-hybridized carbons (Fsp3) is 0.104. The van der Waals surface area contributed by atoms with E-state index in [1.807, 2.05) is 211 Å². The van der Waals surface area contributed by atoms with Gasteiger partial charge in [0.15, 0.2) is 29.1 Å². The number of hydrogen-bond acceptors (Lipinski definition) is 16. The SMILES string of the molecule is O=C(Cc1cccs1)Nc1ccc2[nH]nc(-c3cc4ccccc4s3)c2c1F.O=C(Nc1ccc2[nH]nc(-c3cc4ccccc4s3)c2c1F)c1cccs1.O=C(Nc1ccc2[nH]nc(-c3ccc4ccccc4c3)c2c1F)C1CC1.O=C(Nc1ccc2[nH]nc(-c3ccc4ccccc4c3)c2c1F)C1CCCO1.O=C1CC[C@@H](C(=O)Nc2ccc3[nH]nc(-c4ccc5ccccc5c4)c3c2F)N1. The molecule has 6 amide bonds. The first kappa shape index (κ1) is 88.3. The molecule has 3 fully saturated rings. The predicted octanol–water partition coefficient (Wildman–Crippen LogP) is 25.0. The Morgan fingerprint density at radius 1 is 0.362 bits per heavy atom. The van der Waals surface area contributed by atoms with Crippen molar-refractivity contribution in [3.63, 3.8) is 0 Å². The second-order valence-corrected chi connectivity index (χ2v) is 37.4. The van der Waals surface area contributed by atoms with Crippen molar-refractivity contribution in [2.75, 3.05) is 33.2 Å². The zero-order chi connectivity index (χ0) is 94.2. The number of aromatic nitrogens is 10. The Bertz CT molecular complexity index is 8440. The maximum Gasteiger partial charge on any atom is 0.265 e. The van der Waals surface area contributed by atoms with Crippen LogP contribution in [0.15, 0.2) is 284 Å². The van der Waals surface area contributed by atoms with Crippen LogP contribution in [0.3, 0.4) is 0 Å². The van der Waals surface area contributed by atoms with E-state index in [-0.39, 0.29) is 70.3 Å². The van der Waals surface area contributed by atoms with Gasteiger partial charge in [-0.1, -0.05) is 158 Å². The number of carbonyl (C=O) groups excluding carboxylic acids is 6. The molecular formula is C106H77F5N16O7S4. The zero-order valence-electron chi connectivity index (χ0n) is 72.6. The van der Waals surface area contributed by atoms with Gasteiger partial charge in [0, 0.05) is 49.9 Å². The quantitative estimate of drug-likeness (QED) is 0.0402. The molecule has 9 aromatic heterocycles. The van der Waals surface area contributed by atoms with Crippen LogP contribution in [0.1, 0.15) is 53.1 Å². The summed E-state index contributed by atoms with van der Waals surface area (Å²) >= 11 is 5.94. The third kappa shape index (κ3) is 18.2. The van der Waals surface area contributed by atoms with Gasteiger partial charge < -0.3 is 36.6 Å². The number of rotatable bonds is 16. The summed E-state index contributed by atoms with van der Waals surface area (Å²) in [6, 6.07) is 84.6. The average Bonchev–Trinajstić information content (AvgIpc) is 1.64. The van der Waals surface area contributed by atoms with Gasteiger partial charge in [-0.05, 0) is 201 Å². The molecule has 11 heterocycles. The van der Waals surface area contributed by atoms with Crippen LogP contribution in [0.5, 0.6) is 0 Å². The molecule has 2 atom stereocenters. The summed E-state index contributed by atoms with van der Waals surface area (Å²) in [5.74, 6) is -4.04. The number of anilines is 5. The Morgan fingerprint density at radius 2 is 0.746 bits per heavy atom. The molecule has 23 nitrogen and oxygen atoms in total. The van der Waals surface area contributed by atoms with Crippen molar-refractivity contribution in [1.82, 2.24) is 56.3 Å². The van der Waals surface area contributed by atoms with Crippen LogP contribution in [0.4, 0.5) is 50.4 Å². The number of carbonyl (C=O) groups is 6. The normalized spacial score (nSPS) is 14.0. The molecular weight excluding hydrogens is 1830 g/mol. The van der Waals surface area contributed by atoms with E-state index < -0.39 is 47.1 Å². The number of ether oxygens (including phenoxy) is 1. The Morgan fingerprint density at radius 3 is 1.14 bits per heavy atom. The number of aromatic amines is 5. The van der Waals surface area contributed by atoms with Crippen LogP contribution >= 0.6 is 45.3 Å². The van der Waals surface area contributed by atoms with Crippen LogP contribution in [0.2, 0.25) is 0 Å². The molecule has 682 valence electrons. The lowest BCUT2D eigenvalue weighted by atomic mass is 10.0. The Labute approximate surface area is 796 Å². The van der Waals surface area contributed by atoms with Crippen molar-refractivity contribution < 1.29 is 55.5 Å². The largest absolute Gasteiger partial charge is 0.368 e. The minimum atomic E-state index is -0.637. The Balaban J connectivity index is 0.000000103. The Hall–Kier alpha value is -16.3. The maximum atomic E-state index is 15.3. The molecule has 0 radical (unpaired) electrons. The summed E-state index contributed by atoms with van der Waals surface area (Å²) in [5.41, 5.74) is 8.71. The zero-order valence-corrected chi connectivity index (χ0v) is 75.9. The summed E-state index contributed by atoms with van der Waals surface area (Å²) in [6.07, 6.45) is 3.67. The summed E-state index contributed by atoms with van der Waals surface area (Å²) in [4.78, 5) is 75.8. The maximum absolute atomic E-state index is 15.3. The van der Waals surface area contributed by atoms with Crippen LogP contribution in [-0.4, -0.2) is 105 Å². The van der Waals surface area contributed by atoms with Crippen molar-refractivity contribution >= 4 is 216 Å². The molecule has 32 heteroatoms. The van der Waals surface area contributed by atoms with Gasteiger partial charge >= 0.3 is 0 Å². The van der Waals surface area contributed by atoms with Crippen LogP contribution in [-0.2, 0) is 35.1 Å². The molecule has 11 N–H and O–H groups in total.